The summed E-state index contributed by atoms with van der Waals surface area (Å²) in [6, 6.07) is 0.428. The molecule has 0 aliphatic carbocycles. The summed E-state index contributed by atoms with van der Waals surface area (Å²) < 4.78 is 0. The average molecular weight is 382 g/mol. The highest BCUT2D eigenvalue weighted by molar-refractivity contribution is 5.85. The van der Waals surface area contributed by atoms with Crippen LogP contribution in [0.2, 0.25) is 0 Å². The Kier molecular flexibility index (Phi) is 9.90. The first-order chi connectivity index (χ1) is 10.8. The van der Waals surface area contributed by atoms with E-state index in [0.717, 1.165) is 38.4 Å². The molecule has 1 amide bonds. The number of aliphatic hydroxyl groups is 1. The van der Waals surface area contributed by atoms with Crippen molar-refractivity contribution in [3.63, 3.8) is 0 Å². The van der Waals surface area contributed by atoms with Gasteiger partial charge in [-0.25, -0.2) is 0 Å². The van der Waals surface area contributed by atoms with Crippen molar-refractivity contribution in [2.75, 3.05) is 45.9 Å². The Morgan fingerprint density at radius 3 is 2.58 bits per heavy atom. The minimum atomic E-state index is 0. The fourth-order valence-electron chi connectivity index (χ4n) is 4.55. The molecule has 0 unspecified atom stereocenters. The number of nitrogens with zero attached hydrogens (tertiary/aromatic N) is 2. The fraction of sp³-hybridized carbons (Fsp3) is 0.941. The quantitative estimate of drug-likeness (QED) is 0.757. The number of hydrogen-bond acceptors (Lipinski definition) is 4. The molecule has 2 atom stereocenters. The second-order valence-electron chi connectivity index (χ2n) is 7.27. The summed E-state index contributed by atoms with van der Waals surface area (Å²) in [4.78, 5) is 16.9. The summed E-state index contributed by atoms with van der Waals surface area (Å²) in [5, 5.41) is 12.5. The maximum absolute atomic E-state index is 12.2. The molecule has 2 N–H and O–H groups in total. The molecule has 3 rings (SSSR count). The minimum Gasteiger partial charge on any atom is -0.396 e. The standard InChI is InChI=1S/C17H31N3O2.2ClH/c21-11-1-9-20-16-6-10-19(12-14-4-7-18-8-5-14)13-15(16)2-3-17(20)22;;/h14-16,18,21H,1-13H2;2*1H/t15-,16+;;/m0../s1. The van der Waals surface area contributed by atoms with Gasteiger partial charge >= 0.3 is 0 Å². The van der Waals surface area contributed by atoms with Crippen LogP contribution in [0, 0.1) is 11.8 Å². The molecule has 5 nitrogen and oxygen atoms in total. The molecule has 3 fully saturated rings. The van der Waals surface area contributed by atoms with Crippen molar-refractivity contribution in [1.29, 1.82) is 0 Å². The number of aliphatic hydroxyl groups excluding tert-OH is 1. The van der Waals surface area contributed by atoms with Crippen LogP contribution in [-0.2, 0) is 4.79 Å². The van der Waals surface area contributed by atoms with Crippen molar-refractivity contribution >= 4 is 30.7 Å². The molecule has 0 bridgehead atoms. The Morgan fingerprint density at radius 2 is 1.88 bits per heavy atom. The molecule has 0 aromatic heterocycles. The van der Waals surface area contributed by atoms with E-state index >= 15 is 0 Å². The van der Waals surface area contributed by atoms with E-state index in [2.05, 4.69) is 15.1 Å². The Bertz CT molecular complexity index is 381. The molecule has 7 heteroatoms. The number of hydrogen-bond donors (Lipinski definition) is 2. The van der Waals surface area contributed by atoms with E-state index in [4.69, 9.17) is 5.11 Å². The summed E-state index contributed by atoms with van der Waals surface area (Å²) in [6.07, 6.45) is 6.22. The average Bonchev–Trinajstić information content (AvgIpc) is 2.55. The van der Waals surface area contributed by atoms with Crippen LogP contribution in [-0.4, -0.2) is 72.7 Å². The Hall–Kier alpha value is -0.0700. The molecule has 0 aromatic rings. The number of carbonyl (C=O) groups excluding carboxylic acids is 1. The Balaban J connectivity index is 0.00000144. The third-order valence-electron chi connectivity index (χ3n) is 5.76. The first-order valence-corrected chi connectivity index (χ1v) is 9.11. The summed E-state index contributed by atoms with van der Waals surface area (Å²) >= 11 is 0. The highest BCUT2D eigenvalue weighted by atomic mass is 35.5. The van der Waals surface area contributed by atoms with Crippen LogP contribution in [0.3, 0.4) is 0 Å². The first kappa shape index (κ1) is 22.0. The largest absolute Gasteiger partial charge is 0.396 e. The molecule has 24 heavy (non-hydrogen) atoms. The number of rotatable bonds is 5. The van der Waals surface area contributed by atoms with Crippen LogP contribution in [0.1, 0.15) is 38.5 Å². The summed E-state index contributed by atoms with van der Waals surface area (Å²) in [6.45, 7) is 6.82. The number of amides is 1. The summed E-state index contributed by atoms with van der Waals surface area (Å²) in [5.74, 6) is 1.81. The van der Waals surface area contributed by atoms with Gasteiger partial charge in [0.1, 0.15) is 0 Å². The van der Waals surface area contributed by atoms with Crippen molar-refractivity contribution in [3.8, 4) is 0 Å². The third-order valence-corrected chi connectivity index (χ3v) is 5.76. The molecule has 0 saturated carbocycles. The van der Waals surface area contributed by atoms with Crippen LogP contribution in [0.25, 0.3) is 0 Å². The molecule has 3 aliphatic heterocycles. The van der Waals surface area contributed by atoms with E-state index in [1.165, 1.54) is 32.5 Å². The van der Waals surface area contributed by atoms with Crippen LogP contribution >= 0.6 is 24.8 Å². The van der Waals surface area contributed by atoms with Crippen LogP contribution in [0.4, 0.5) is 0 Å². The van der Waals surface area contributed by atoms with Gasteiger partial charge in [-0.2, -0.15) is 0 Å². The maximum atomic E-state index is 12.2. The molecule has 0 radical (unpaired) electrons. The lowest BCUT2D eigenvalue weighted by Crippen LogP contribution is -2.56. The van der Waals surface area contributed by atoms with Gasteiger partial charge in [0, 0.05) is 45.2 Å². The number of likely N-dealkylation sites (tertiary alicyclic amines) is 2. The Morgan fingerprint density at radius 1 is 1.12 bits per heavy atom. The van der Waals surface area contributed by atoms with E-state index in [9.17, 15) is 4.79 Å². The van der Waals surface area contributed by atoms with Gasteiger partial charge < -0.3 is 20.2 Å². The zero-order valence-corrected chi connectivity index (χ0v) is 16.1. The minimum absolute atomic E-state index is 0. The highest BCUT2D eigenvalue weighted by Crippen LogP contribution is 2.32. The SMILES string of the molecule is Cl.Cl.O=C1CC[C@H]2CN(CC3CCNCC3)CC[C@H]2N1CCCO. The third kappa shape index (κ3) is 5.46. The zero-order valence-electron chi connectivity index (χ0n) is 14.5. The van der Waals surface area contributed by atoms with E-state index in [0.29, 0.717) is 30.7 Å². The molecule has 3 aliphatic rings. The van der Waals surface area contributed by atoms with Crippen LogP contribution in [0.15, 0.2) is 0 Å². The highest BCUT2D eigenvalue weighted by Gasteiger charge is 2.39. The maximum Gasteiger partial charge on any atom is 0.222 e. The van der Waals surface area contributed by atoms with E-state index in [1.807, 2.05) is 0 Å². The zero-order chi connectivity index (χ0) is 15.4. The lowest BCUT2D eigenvalue weighted by molar-refractivity contribution is -0.141. The predicted octanol–water partition coefficient (Wildman–Crippen LogP) is 1.52. The molecule has 3 saturated heterocycles. The molecule has 0 spiro atoms. The monoisotopic (exact) mass is 381 g/mol. The van der Waals surface area contributed by atoms with Gasteiger partial charge in [0.25, 0.3) is 0 Å². The smallest absolute Gasteiger partial charge is 0.222 e. The predicted molar refractivity (Wildman–Crippen MR) is 101 cm³/mol. The first-order valence-electron chi connectivity index (χ1n) is 9.11. The second kappa shape index (κ2) is 10.8. The van der Waals surface area contributed by atoms with E-state index < -0.39 is 0 Å². The van der Waals surface area contributed by atoms with E-state index in [1.54, 1.807) is 0 Å². The molecule has 0 aromatic carbocycles. The lowest BCUT2D eigenvalue weighted by Gasteiger charge is -2.48. The summed E-state index contributed by atoms with van der Waals surface area (Å²) in [7, 11) is 0. The number of halogens is 2. The van der Waals surface area contributed by atoms with Crippen LogP contribution < -0.4 is 5.32 Å². The summed E-state index contributed by atoms with van der Waals surface area (Å²) in [5.41, 5.74) is 0. The van der Waals surface area contributed by atoms with Crippen molar-refractivity contribution in [2.24, 2.45) is 11.8 Å². The number of piperidine rings is 3. The van der Waals surface area contributed by atoms with Crippen molar-refractivity contribution in [3.05, 3.63) is 0 Å². The van der Waals surface area contributed by atoms with Gasteiger partial charge in [0.2, 0.25) is 5.91 Å². The number of nitrogens with one attached hydrogen (secondary N) is 1. The molecule has 3 heterocycles. The van der Waals surface area contributed by atoms with Crippen LogP contribution in [0.5, 0.6) is 0 Å². The van der Waals surface area contributed by atoms with Gasteiger partial charge in [0.15, 0.2) is 0 Å². The normalized spacial score (nSPS) is 28.7. The van der Waals surface area contributed by atoms with Gasteiger partial charge in [-0.3, -0.25) is 4.79 Å². The molecular formula is C17H33Cl2N3O2. The van der Waals surface area contributed by atoms with Crippen molar-refractivity contribution in [1.82, 2.24) is 15.1 Å². The number of fused-ring (bicyclic) bond motifs is 1. The van der Waals surface area contributed by atoms with Crippen molar-refractivity contribution in [2.45, 2.75) is 44.6 Å². The van der Waals surface area contributed by atoms with Gasteiger partial charge in [-0.05, 0) is 57.0 Å². The lowest BCUT2D eigenvalue weighted by atomic mass is 9.82. The Labute approximate surface area is 158 Å². The fourth-order valence-corrected chi connectivity index (χ4v) is 4.55. The van der Waals surface area contributed by atoms with E-state index in [-0.39, 0.29) is 31.4 Å². The van der Waals surface area contributed by atoms with Gasteiger partial charge in [-0.15, -0.1) is 24.8 Å². The topological polar surface area (TPSA) is 55.8 Å². The molecular weight excluding hydrogens is 349 g/mol. The van der Waals surface area contributed by atoms with Gasteiger partial charge in [-0.1, -0.05) is 0 Å². The molecule has 142 valence electrons. The second-order valence-corrected chi connectivity index (χ2v) is 7.27. The number of carbonyl (C=O) groups is 1. The van der Waals surface area contributed by atoms with Gasteiger partial charge in [0.05, 0.1) is 0 Å². The van der Waals surface area contributed by atoms with Crippen molar-refractivity contribution < 1.29 is 9.90 Å².